The van der Waals surface area contributed by atoms with Crippen molar-refractivity contribution in [2.24, 2.45) is 13.0 Å². The number of aryl methyl sites for hydroxylation is 2. The van der Waals surface area contributed by atoms with Gasteiger partial charge in [0.1, 0.15) is 5.92 Å². The van der Waals surface area contributed by atoms with E-state index in [1.54, 1.807) is 42.3 Å². The molecule has 1 N–H and O–H groups in total. The molecule has 118 valence electrons. The van der Waals surface area contributed by atoms with Gasteiger partial charge in [-0.2, -0.15) is 18.3 Å². The average Bonchev–Trinajstić information content (AvgIpc) is 2.85. The minimum absolute atomic E-state index is 0.325. The van der Waals surface area contributed by atoms with Crippen molar-refractivity contribution in [3.63, 3.8) is 0 Å². The molecule has 0 aliphatic rings. The summed E-state index contributed by atoms with van der Waals surface area (Å²) in [6.07, 6.45) is -1.10. The van der Waals surface area contributed by atoms with Crippen LogP contribution >= 0.6 is 0 Å². The van der Waals surface area contributed by atoms with Gasteiger partial charge < -0.3 is 5.32 Å². The van der Waals surface area contributed by atoms with Crippen LogP contribution in [0, 0.1) is 12.8 Å². The zero-order valence-electron chi connectivity index (χ0n) is 12.4. The van der Waals surface area contributed by atoms with Crippen molar-refractivity contribution >= 4 is 11.6 Å². The molecular formula is C15H16F3N3O. The van der Waals surface area contributed by atoms with Crippen LogP contribution in [0.4, 0.5) is 18.9 Å². The summed E-state index contributed by atoms with van der Waals surface area (Å²) in [6.45, 7) is 2.72. The van der Waals surface area contributed by atoms with Crippen molar-refractivity contribution in [3.8, 4) is 11.1 Å². The molecule has 0 aliphatic carbocycles. The molecule has 1 aromatic heterocycles. The number of carbonyl (C=O) groups excluding carboxylic acids is 1. The molecule has 4 nitrogen and oxygen atoms in total. The molecule has 0 bridgehead atoms. The molecule has 1 unspecified atom stereocenters. The Hall–Kier alpha value is -2.31. The molecule has 0 spiro atoms. The first kappa shape index (κ1) is 16.1. The number of carbonyl (C=O) groups is 1. The van der Waals surface area contributed by atoms with E-state index in [0.29, 0.717) is 5.69 Å². The molecule has 0 aliphatic heterocycles. The Bertz CT molecular complexity index is 692. The highest BCUT2D eigenvalue weighted by atomic mass is 19.4. The van der Waals surface area contributed by atoms with E-state index in [0.717, 1.165) is 23.6 Å². The topological polar surface area (TPSA) is 46.9 Å². The Morgan fingerprint density at radius 1 is 1.36 bits per heavy atom. The Kier molecular flexibility index (Phi) is 4.25. The van der Waals surface area contributed by atoms with Gasteiger partial charge in [-0.1, -0.05) is 6.07 Å². The van der Waals surface area contributed by atoms with Crippen LogP contribution in [0.2, 0.25) is 0 Å². The van der Waals surface area contributed by atoms with Crippen LogP contribution in [0.5, 0.6) is 0 Å². The molecule has 0 saturated carbocycles. The van der Waals surface area contributed by atoms with Gasteiger partial charge in [0, 0.05) is 24.5 Å². The molecule has 0 saturated heterocycles. The largest absolute Gasteiger partial charge is 0.400 e. The predicted octanol–water partition coefficient (Wildman–Crippen LogP) is 3.53. The SMILES string of the molecule is Cc1ccc(NC(=O)C(C)C(F)(F)F)cc1-c1cnn(C)c1. The highest BCUT2D eigenvalue weighted by Crippen LogP contribution is 2.29. The fourth-order valence-electron chi connectivity index (χ4n) is 1.97. The van der Waals surface area contributed by atoms with Gasteiger partial charge in [-0.25, -0.2) is 0 Å². The lowest BCUT2D eigenvalue weighted by Gasteiger charge is -2.16. The number of nitrogens with zero attached hydrogens (tertiary/aromatic N) is 2. The summed E-state index contributed by atoms with van der Waals surface area (Å²) in [7, 11) is 1.77. The normalized spacial score (nSPS) is 13.0. The second-order valence-electron chi connectivity index (χ2n) is 5.18. The molecule has 0 fully saturated rings. The molecular weight excluding hydrogens is 295 g/mol. The average molecular weight is 311 g/mol. The molecule has 2 rings (SSSR count). The fraction of sp³-hybridized carbons (Fsp3) is 0.333. The van der Waals surface area contributed by atoms with Crippen LogP contribution in [0.1, 0.15) is 12.5 Å². The Labute approximate surface area is 125 Å². The first-order valence-electron chi connectivity index (χ1n) is 6.65. The maximum absolute atomic E-state index is 12.5. The minimum Gasteiger partial charge on any atom is -0.326 e. The molecule has 0 radical (unpaired) electrons. The summed E-state index contributed by atoms with van der Waals surface area (Å²) in [5.74, 6) is -3.14. The number of hydrogen-bond donors (Lipinski definition) is 1. The smallest absolute Gasteiger partial charge is 0.326 e. The van der Waals surface area contributed by atoms with Gasteiger partial charge >= 0.3 is 6.18 Å². The lowest BCUT2D eigenvalue weighted by Crippen LogP contribution is -2.32. The zero-order valence-corrected chi connectivity index (χ0v) is 12.4. The van der Waals surface area contributed by atoms with Crippen molar-refractivity contribution < 1.29 is 18.0 Å². The summed E-state index contributed by atoms with van der Waals surface area (Å²) in [5, 5.41) is 6.37. The summed E-state index contributed by atoms with van der Waals surface area (Å²) < 4.78 is 39.3. The Morgan fingerprint density at radius 2 is 2.05 bits per heavy atom. The molecule has 7 heteroatoms. The first-order valence-corrected chi connectivity index (χ1v) is 6.65. The van der Waals surface area contributed by atoms with E-state index in [1.807, 2.05) is 6.92 Å². The number of aromatic nitrogens is 2. The zero-order chi connectivity index (χ0) is 16.5. The number of amides is 1. The highest BCUT2D eigenvalue weighted by Gasteiger charge is 2.41. The van der Waals surface area contributed by atoms with Gasteiger partial charge in [0.25, 0.3) is 0 Å². The number of alkyl halides is 3. The molecule has 1 aromatic carbocycles. The van der Waals surface area contributed by atoms with Crippen molar-refractivity contribution in [3.05, 3.63) is 36.2 Å². The van der Waals surface area contributed by atoms with Crippen molar-refractivity contribution in [2.45, 2.75) is 20.0 Å². The number of benzene rings is 1. The third-order valence-electron chi connectivity index (χ3n) is 3.41. The maximum Gasteiger partial charge on any atom is 0.400 e. The first-order chi connectivity index (χ1) is 10.2. The monoisotopic (exact) mass is 311 g/mol. The third-order valence-corrected chi connectivity index (χ3v) is 3.41. The second kappa shape index (κ2) is 5.82. The minimum atomic E-state index is -4.55. The molecule has 1 atom stereocenters. The van der Waals surface area contributed by atoms with Gasteiger partial charge in [-0.05, 0) is 37.1 Å². The summed E-state index contributed by atoms with van der Waals surface area (Å²) >= 11 is 0. The van der Waals surface area contributed by atoms with E-state index in [-0.39, 0.29) is 0 Å². The van der Waals surface area contributed by atoms with Crippen LogP contribution in [0.25, 0.3) is 11.1 Å². The Balaban J connectivity index is 2.25. The van der Waals surface area contributed by atoms with Gasteiger partial charge in [0.05, 0.1) is 6.20 Å². The summed E-state index contributed by atoms with van der Waals surface area (Å²) in [4.78, 5) is 11.6. The van der Waals surface area contributed by atoms with E-state index in [2.05, 4.69) is 10.4 Å². The van der Waals surface area contributed by atoms with Crippen LogP contribution in [0.3, 0.4) is 0 Å². The molecule has 1 amide bonds. The standard InChI is InChI=1S/C15H16F3N3O/c1-9-4-5-12(20-14(22)10(2)15(16,17)18)6-13(9)11-7-19-21(3)8-11/h4-8,10H,1-3H3,(H,20,22). The van der Waals surface area contributed by atoms with Gasteiger partial charge in [0.2, 0.25) is 5.91 Å². The molecule has 2 aromatic rings. The summed E-state index contributed by atoms with van der Waals surface area (Å²) in [6, 6.07) is 4.97. The number of anilines is 1. The van der Waals surface area contributed by atoms with E-state index >= 15 is 0 Å². The van der Waals surface area contributed by atoms with Gasteiger partial charge in [-0.3, -0.25) is 9.48 Å². The van der Waals surface area contributed by atoms with Gasteiger partial charge in [-0.15, -0.1) is 0 Å². The van der Waals surface area contributed by atoms with Crippen LogP contribution in [0.15, 0.2) is 30.6 Å². The Morgan fingerprint density at radius 3 is 2.59 bits per heavy atom. The number of halogens is 3. The third kappa shape index (κ3) is 3.47. The highest BCUT2D eigenvalue weighted by molar-refractivity contribution is 5.93. The van der Waals surface area contributed by atoms with E-state index in [1.165, 1.54) is 0 Å². The molecule has 1 heterocycles. The number of nitrogens with one attached hydrogen (secondary N) is 1. The van der Waals surface area contributed by atoms with Crippen LogP contribution < -0.4 is 5.32 Å². The lowest BCUT2D eigenvalue weighted by atomic mass is 10.0. The lowest BCUT2D eigenvalue weighted by molar-refractivity contribution is -0.175. The maximum atomic E-state index is 12.5. The van der Waals surface area contributed by atoms with Crippen molar-refractivity contribution in [1.29, 1.82) is 0 Å². The van der Waals surface area contributed by atoms with Crippen molar-refractivity contribution in [1.82, 2.24) is 9.78 Å². The summed E-state index contributed by atoms with van der Waals surface area (Å²) in [5.41, 5.74) is 2.91. The molecule has 22 heavy (non-hydrogen) atoms. The second-order valence-corrected chi connectivity index (χ2v) is 5.18. The van der Waals surface area contributed by atoms with Gasteiger partial charge in [0.15, 0.2) is 0 Å². The van der Waals surface area contributed by atoms with Crippen molar-refractivity contribution in [2.75, 3.05) is 5.32 Å². The van der Waals surface area contributed by atoms with E-state index < -0.39 is 18.0 Å². The quantitative estimate of drug-likeness (QED) is 0.942. The van der Waals surface area contributed by atoms with Crippen LogP contribution in [-0.4, -0.2) is 21.9 Å². The predicted molar refractivity (Wildman–Crippen MR) is 77.2 cm³/mol. The van der Waals surface area contributed by atoms with Crippen LogP contribution in [-0.2, 0) is 11.8 Å². The number of rotatable bonds is 3. The number of hydrogen-bond acceptors (Lipinski definition) is 2. The van der Waals surface area contributed by atoms with E-state index in [9.17, 15) is 18.0 Å². The fourth-order valence-corrected chi connectivity index (χ4v) is 1.97. The van der Waals surface area contributed by atoms with E-state index in [4.69, 9.17) is 0 Å².